The standard InChI is InChI=1S/C2H4O2.Ba.K.Mg.H2O.5H/c1-2(3)4;;;;;;;;;/h1H3,(H,3,4);;;;1H2;;;;;. The predicted molar refractivity (Wildman–Crippen MR) is 41.2 cm³/mol. The van der Waals surface area contributed by atoms with Gasteiger partial charge in [0.2, 0.25) is 0 Å². The molecule has 0 aliphatic rings. The van der Waals surface area contributed by atoms with E-state index in [4.69, 9.17) is 9.90 Å². The Morgan fingerprint density at radius 3 is 1.50 bits per heavy atom. The number of rotatable bonds is 0. The molecule has 0 spiro atoms. The average molecular weight is 284 g/mol. The molecule has 0 aliphatic carbocycles. The van der Waals surface area contributed by atoms with E-state index >= 15 is 0 Å². The van der Waals surface area contributed by atoms with Crippen LogP contribution in [0.3, 0.4) is 0 Å². The Morgan fingerprint density at radius 1 is 1.50 bits per heavy atom. The third kappa shape index (κ3) is 57.3. The second-order valence-corrected chi connectivity index (χ2v) is 0.519. The fourth-order valence-corrected chi connectivity index (χ4v) is 0. The minimum Gasteiger partial charge on any atom is 0.316 e. The van der Waals surface area contributed by atoms with Crippen LogP contribution in [-0.2, 0) is 4.79 Å². The topological polar surface area (TPSA) is 68.8 Å². The van der Waals surface area contributed by atoms with Crippen LogP contribution in [0.2, 0.25) is 0 Å². The van der Waals surface area contributed by atoms with E-state index in [0.29, 0.717) is 0 Å². The summed E-state index contributed by atoms with van der Waals surface area (Å²) < 4.78 is 0. The molecule has 3 nitrogen and oxygen atoms in total. The van der Waals surface area contributed by atoms with Crippen molar-refractivity contribution in [1.29, 1.82) is 0 Å². The first-order chi connectivity index (χ1) is 1.73. The van der Waals surface area contributed by atoms with E-state index in [1.54, 1.807) is 0 Å². The molecule has 0 atom stereocenters. The monoisotopic (exact) mass is 284 g/mol. The van der Waals surface area contributed by atoms with Crippen molar-refractivity contribution >= 4 is 129 Å². The van der Waals surface area contributed by atoms with Crippen LogP contribution in [0.5, 0.6) is 0 Å². The van der Waals surface area contributed by atoms with Crippen molar-refractivity contribution in [2.24, 2.45) is 0 Å². The van der Waals surface area contributed by atoms with E-state index in [2.05, 4.69) is 0 Å². The Labute approximate surface area is 147 Å². The van der Waals surface area contributed by atoms with Crippen LogP contribution in [0.25, 0.3) is 0 Å². The Morgan fingerprint density at radius 2 is 1.50 bits per heavy atom. The second-order valence-electron chi connectivity index (χ2n) is 0.519. The van der Waals surface area contributed by atoms with Gasteiger partial charge in [-0.25, -0.2) is 0 Å². The number of carbonyl (C=O) groups is 1. The van der Waals surface area contributed by atoms with E-state index in [1.165, 1.54) is 0 Å². The quantitative estimate of drug-likeness (QED) is 0.476. The summed E-state index contributed by atoms with van der Waals surface area (Å²) in [5.74, 6) is -0.833. The molecule has 0 heterocycles. The van der Waals surface area contributed by atoms with Crippen molar-refractivity contribution in [3.63, 3.8) is 0 Å². The number of carboxylic acids is 1. The first-order valence-electron chi connectivity index (χ1n) is 0.928. The van der Waals surface area contributed by atoms with Crippen LogP contribution in [-0.4, -0.2) is 140 Å². The third-order valence-electron chi connectivity index (χ3n) is 0. The Hall–Kier alpha value is 3.40. The van der Waals surface area contributed by atoms with Crippen molar-refractivity contribution in [1.82, 2.24) is 0 Å². The first kappa shape index (κ1) is 30.1. The fraction of sp³-hybridized carbons (Fsp3) is 0.500. The van der Waals surface area contributed by atoms with Gasteiger partial charge in [0.1, 0.15) is 0 Å². The van der Waals surface area contributed by atoms with Crippen molar-refractivity contribution in [3.8, 4) is 0 Å². The van der Waals surface area contributed by atoms with Gasteiger partial charge in [-0.1, -0.05) is 0 Å². The van der Waals surface area contributed by atoms with Gasteiger partial charge in [-0.15, -0.1) is 0 Å². The van der Waals surface area contributed by atoms with Crippen molar-refractivity contribution in [3.05, 3.63) is 0 Å². The zero-order valence-corrected chi connectivity index (χ0v) is 2.86. The molecule has 6 heteroatoms. The molecule has 0 saturated carbocycles. The van der Waals surface area contributed by atoms with Crippen molar-refractivity contribution in [2.75, 3.05) is 0 Å². The van der Waals surface area contributed by atoms with Gasteiger partial charge in [0.05, 0.1) is 0 Å². The minimum atomic E-state index is -0.833. The molecule has 0 radical (unpaired) electrons. The van der Waals surface area contributed by atoms with E-state index in [0.717, 1.165) is 6.92 Å². The van der Waals surface area contributed by atoms with Gasteiger partial charge in [-0.2, -0.15) is 0 Å². The molecule has 3 N–H and O–H groups in total. The predicted octanol–water partition coefficient (Wildman–Crippen LogP) is -3.21. The molecular weight excluding hydrogens is 273 g/mol. The van der Waals surface area contributed by atoms with Gasteiger partial charge in [0, 0.05) is 6.92 Å². The molecule has 0 fully saturated rings. The Balaban J connectivity index is -0.00000000750. The van der Waals surface area contributed by atoms with Crippen LogP contribution in [0.1, 0.15) is 6.92 Å². The van der Waals surface area contributed by atoms with E-state index in [9.17, 15) is 0 Å². The smallest absolute Gasteiger partial charge is 0.316 e. The molecule has 0 rings (SSSR count). The third-order valence-corrected chi connectivity index (χ3v) is 0. The summed E-state index contributed by atoms with van der Waals surface area (Å²) in [7, 11) is 0. The Bertz CT molecular complexity index is 40.3. The molecule has 0 aliphatic heterocycles. The van der Waals surface area contributed by atoms with Crippen LogP contribution < -0.4 is 0 Å². The zero-order valence-electron chi connectivity index (χ0n) is 2.86. The van der Waals surface area contributed by atoms with E-state index in [1.807, 2.05) is 0 Å². The molecule has 0 aromatic rings. The summed E-state index contributed by atoms with van der Waals surface area (Å²) in [6.07, 6.45) is 0. The van der Waals surface area contributed by atoms with Crippen molar-refractivity contribution < 1.29 is 15.4 Å². The maximum absolute atomic E-state index is 9.00. The van der Waals surface area contributed by atoms with Crippen LogP contribution >= 0.6 is 0 Å². The summed E-state index contributed by atoms with van der Waals surface area (Å²) in [6, 6.07) is 0. The van der Waals surface area contributed by atoms with E-state index < -0.39 is 5.97 Å². The summed E-state index contributed by atoms with van der Waals surface area (Å²) in [5.41, 5.74) is 0. The van der Waals surface area contributed by atoms with Crippen LogP contribution in [0, 0.1) is 0 Å². The molecular formula is C2H11BaKMgO3. The number of hydrogen-bond acceptors (Lipinski definition) is 1. The Kier molecular flexibility index (Phi) is 84.4. The first-order valence-corrected chi connectivity index (χ1v) is 0.928. The SMILES string of the molecule is CC(=O)O.O.[BaH2].[KH].[MgH2]. The molecule has 8 heavy (non-hydrogen) atoms. The van der Waals surface area contributed by atoms with Gasteiger partial charge in [0.15, 0.2) is 0 Å². The molecule has 0 amide bonds. The van der Waals surface area contributed by atoms with Crippen molar-refractivity contribution in [2.45, 2.75) is 6.92 Å². The summed E-state index contributed by atoms with van der Waals surface area (Å²) in [5, 5.41) is 7.42. The number of aliphatic carboxylic acids is 1. The van der Waals surface area contributed by atoms with Gasteiger partial charge in [-0.05, 0) is 0 Å². The maximum Gasteiger partial charge on any atom is 0.316 e. The van der Waals surface area contributed by atoms with Gasteiger partial charge in [-0.3, -0.25) is 4.79 Å². The second kappa shape index (κ2) is 22.4. The normalized spacial score (nSPS) is 3.12. The molecule has 0 unspecified atom stereocenters. The molecule has 0 saturated heterocycles. The minimum absolute atomic E-state index is 0. The average Bonchev–Trinajstić information content (AvgIpc) is 0.811. The summed E-state index contributed by atoms with van der Waals surface area (Å²) in [4.78, 5) is 9.00. The molecule has 0 aromatic carbocycles. The molecule has 0 bridgehead atoms. The van der Waals surface area contributed by atoms with Crippen LogP contribution in [0.4, 0.5) is 0 Å². The van der Waals surface area contributed by atoms with Gasteiger partial charge < -0.3 is 10.6 Å². The van der Waals surface area contributed by atoms with Crippen LogP contribution in [0.15, 0.2) is 0 Å². The summed E-state index contributed by atoms with van der Waals surface area (Å²) >= 11 is 0. The summed E-state index contributed by atoms with van der Waals surface area (Å²) in [6.45, 7) is 1.08. The van der Waals surface area contributed by atoms with Gasteiger partial charge >= 0.3 is 123 Å². The maximum atomic E-state index is 9.00. The molecule has 0 aromatic heterocycles. The number of hydrogen-bond donors (Lipinski definition) is 1. The fourth-order valence-electron chi connectivity index (χ4n) is 0. The van der Waals surface area contributed by atoms with Gasteiger partial charge in [0.25, 0.3) is 5.97 Å². The molecule has 42 valence electrons. The largest absolute Gasteiger partial charge is 0.316 e. The number of carboxylic acid groups (broad SMARTS) is 1. The van der Waals surface area contributed by atoms with E-state index in [-0.39, 0.29) is 129 Å². The zero-order chi connectivity index (χ0) is 3.58.